The van der Waals surface area contributed by atoms with E-state index in [-0.39, 0.29) is 17.3 Å². The zero-order chi connectivity index (χ0) is 11.0. The van der Waals surface area contributed by atoms with Crippen LogP contribution in [0.3, 0.4) is 0 Å². The second-order valence-corrected chi connectivity index (χ2v) is 6.84. The van der Waals surface area contributed by atoms with E-state index in [9.17, 15) is 8.42 Å². The summed E-state index contributed by atoms with van der Waals surface area (Å²) in [7, 11) is -3.03. The first-order valence-electron chi connectivity index (χ1n) is 4.99. The SMILES string of the molecule is CCS(=O)(=O)NC1CN(C(C)(C)C)C1. The van der Waals surface area contributed by atoms with Crippen molar-refractivity contribution in [1.82, 2.24) is 9.62 Å². The van der Waals surface area contributed by atoms with Crippen LogP contribution < -0.4 is 4.72 Å². The molecule has 0 atom stereocenters. The monoisotopic (exact) mass is 220 g/mol. The summed E-state index contributed by atoms with van der Waals surface area (Å²) in [5.74, 6) is 0.166. The molecule has 0 saturated carbocycles. The molecule has 1 saturated heterocycles. The van der Waals surface area contributed by atoms with E-state index in [4.69, 9.17) is 0 Å². The molecule has 0 radical (unpaired) electrons. The summed E-state index contributed by atoms with van der Waals surface area (Å²) in [4.78, 5) is 2.26. The van der Waals surface area contributed by atoms with Crippen molar-refractivity contribution >= 4 is 10.0 Å². The summed E-state index contributed by atoms with van der Waals surface area (Å²) in [5.41, 5.74) is 0.147. The summed E-state index contributed by atoms with van der Waals surface area (Å²) in [6, 6.07) is 0.110. The molecule has 0 aromatic rings. The molecule has 0 bridgehead atoms. The fourth-order valence-corrected chi connectivity index (χ4v) is 2.26. The Bertz CT molecular complexity index is 286. The Labute approximate surface area is 86.7 Å². The highest BCUT2D eigenvalue weighted by atomic mass is 32.2. The lowest BCUT2D eigenvalue weighted by molar-refractivity contribution is 0.0436. The van der Waals surface area contributed by atoms with Gasteiger partial charge in [-0.3, -0.25) is 4.90 Å². The fourth-order valence-electron chi connectivity index (χ4n) is 1.44. The number of nitrogens with zero attached hydrogens (tertiary/aromatic N) is 1. The minimum Gasteiger partial charge on any atom is -0.295 e. The first-order valence-corrected chi connectivity index (χ1v) is 6.65. The van der Waals surface area contributed by atoms with Crippen LogP contribution in [0, 0.1) is 0 Å². The van der Waals surface area contributed by atoms with Gasteiger partial charge in [-0.1, -0.05) is 0 Å². The molecule has 1 N–H and O–H groups in total. The molecule has 1 aliphatic heterocycles. The Morgan fingerprint density at radius 2 is 1.86 bits per heavy atom. The van der Waals surface area contributed by atoms with Gasteiger partial charge in [-0.05, 0) is 27.7 Å². The van der Waals surface area contributed by atoms with Gasteiger partial charge in [-0.25, -0.2) is 13.1 Å². The van der Waals surface area contributed by atoms with Crippen molar-refractivity contribution in [2.75, 3.05) is 18.8 Å². The van der Waals surface area contributed by atoms with Crippen LogP contribution in [0.15, 0.2) is 0 Å². The van der Waals surface area contributed by atoms with Gasteiger partial charge in [-0.2, -0.15) is 0 Å². The van der Waals surface area contributed by atoms with Crippen molar-refractivity contribution in [1.29, 1.82) is 0 Å². The standard InChI is InChI=1S/C9H20N2O2S/c1-5-14(12,13)10-8-6-11(7-8)9(2,3)4/h8,10H,5-7H2,1-4H3. The third-order valence-corrected chi connectivity index (χ3v) is 4.01. The van der Waals surface area contributed by atoms with Gasteiger partial charge in [0.2, 0.25) is 10.0 Å². The van der Waals surface area contributed by atoms with Gasteiger partial charge in [0.25, 0.3) is 0 Å². The van der Waals surface area contributed by atoms with Crippen LogP contribution >= 0.6 is 0 Å². The van der Waals surface area contributed by atoms with E-state index in [1.807, 2.05) is 0 Å². The van der Waals surface area contributed by atoms with Crippen molar-refractivity contribution in [3.63, 3.8) is 0 Å². The second-order valence-electron chi connectivity index (χ2n) is 4.79. The fraction of sp³-hybridized carbons (Fsp3) is 1.00. The highest BCUT2D eigenvalue weighted by Crippen LogP contribution is 2.21. The quantitative estimate of drug-likeness (QED) is 0.749. The smallest absolute Gasteiger partial charge is 0.211 e. The van der Waals surface area contributed by atoms with Crippen molar-refractivity contribution in [3.05, 3.63) is 0 Å². The van der Waals surface area contributed by atoms with Crippen molar-refractivity contribution < 1.29 is 8.42 Å². The van der Waals surface area contributed by atoms with Gasteiger partial charge in [0, 0.05) is 24.7 Å². The molecule has 0 aromatic carbocycles. The third kappa shape index (κ3) is 2.93. The number of rotatable bonds is 3. The normalized spacial score (nSPS) is 20.9. The molecule has 1 heterocycles. The van der Waals surface area contributed by atoms with Gasteiger partial charge in [0.15, 0.2) is 0 Å². The maximum atomic E-state index is 11.2. The van der Waals surface area contributed by atoms with Crippen molar-refractivity contribution in [3.8, 4) is 0 Å². The van der Waals surface area contributed by atoms with Crippen LogP contribution in [0.4, 0.5) is 0 Å². The minimum absolute atomic E-state index is 0.110. The molecule has 0 spiro atoms. The molecular weight excluding hydrogens is 200 g/mol. The van der Waals surface area contributed by atoms with Gasteiger partial charge >= 0.3 is 0 Å². The number of nitrogens with one attached hydrogen (secondary N) is 1. The molecule has 4 nitrogen and oxygen atoms in total. The molecule has 0 unspecified atom stereocenters. The summed E-state index contributed by atoms with van der Waals surface area (Å²) < 4.78 is 25.1. The Morgan fingerprint density at radius 3 is 2.21 bits per heavy atom. The highest BCUT2D eigenvalue weighted by Gasteiger charge is 2.35. The van der Waals surface area contributed by atoms with Gasteiger partial charge in [0.1, 0.15) is 0 Å². The van der Waals surface area contributed by atoms with E-state index in [0.717, 1.165) is 13.1 Å². The van der Waals surface area contributed by atoms with E-state index in [1.54, 1.807) is 6.92 Å². The van der Waals surface area contributed by atoms with Gasteiger partial charge < -0.3 is 0 Å². The first kappa shape index (κ1) is 11.9. The number of hydrogen-bond donors (Lipinski definition) is 1. The molecule has 1 fully saturated rings. The van der Waals surface area contributed by atoms with Gasteiger partial charge in [0.05, 0.1) is 5.75 Å². The van der Waals surface area contributed by atoms with Crippen LogP contribution in [-0.4, -0.2) is 43.7 Å². The predicted molar refractivity (Wildman–Crippen MR) is 57.7 cm³/mol. The van der Waals surface area contributed by atoms with Crippen LogP contribution in [0.2, 0.25) is 0 Å². The molecule has 14 heavy (non-hydrogen) atoms. The Balaban J connectivity index is 2.37. The summed E-state index contributed by atoms with van der Waals surface area (Å²) in [6.07, 6.45) is 0. The third-order valence-electron chi connectivity index (χ3n) is 2.56. The zero-order valence-corrected chi connectivity index (χ0v) is 10.2. The Hall–Kier alpha value is -0.130. The lowest BCUT2D eigenvalue weighted by Crippen LogP contribution is -2.64. The Morgan fingerprint density at radius 1 is 1.36 bits per heavy atom. The average Bonchev–Trinajstić information content (AvgIpc) is 1.94. The van der Waals surface area contributed by atoms with E-state index in [0.29, 0.717) is 0 Å². The molecule has 1 rings (SSSR count). The molecule has 0 aliphatic carbocycles. The minimum atomic E-state index is -3.03. The highest BCUT2D eigenvalue weighted by molar-refractivity contribution is 7.89. The van der Waals surface area contributed by atoms with Crippen LogP contribution in [0.5, 0.6) is 0 Å². The van der Waals surface area contributed by atoms with E-state index < -0.39 is 10.0 Å². The second kappa shape index (κ2) is 3.79. The molecular formula is C9H20N2O2S. The summed E-state index contributed by atoms with van der Waals surface area (Å²) >= 11 is 0. The maximum Gasteiger partial charge on any atom is 0.211 e. The lowest BCUT2D eigenvalue weighted by Gasteiger charge is -2.47. The average molecular weight is 220 g/mol. The number of hydrogen-bond acceptors (Lipinski definition) is 3. The van der Waals surface area contributed by atoms with Gasteiger partial charge in [-0.15, -0.1) is 0 Å². The van der Waals surface area contributed by atoms with E-state index in [1.165, 1.54) is 0 Å². The van der Waals surface area contributed by atoms with Crippen molar-refractivity contribution in [2.24, 2.45) is 0 Å². The van der Waals surface area contributed by atoms with Crippen LogP contribution in [0.1, 0.15) is 27.7 Å². The van der Waals surface area contributed by atoms with Crippen LogP contribution in [-0.2, 0) is 10.0 Å². The molecule has 1 aliphatic rings. The van der Waals surface area contributed by atoms with E-state index >= 15 is 0 Å². The topological polar surface area (TPSA) is 49.4 Å². The molecule has 5 heteroatoms. The van der Waals surface area contributed by atoms with E-state index in [2.05, 4.69) is 30.4 Å². The molecule has 0 aromatic heterocycles. The number of sulfonamides is 1. The largest absolute Gasteiger partial charge is 0.295 e. The summed E-state index contributed by atoms with van der Waals surface area (Å²) in [6.45, 7) is 9.71. The Kier molecular flexibility index (Phi) is 3.23. The van der Waals surface area contributed by atoms with Crippen molar-refractivity contribution in [2.45, 2.75) is 39.3 Å². The van der Waals surface area contributed by atoms with Crippen LogP contribution in [0.25, 0.3) is 0 Å². The number of likely N-dealkylation sites (tertiary alicyclic amines) is 1. The lowest BCUT2D eigenvalue weighted by atomic mass is 9.98. The zero-order valence-electron chi connectivity index (χ0n) is 9.37. The predicted octanol–water partition coefficient (Wildman–Crippen LogP) is 0.408. The molecule has 84 valence electrons. The molecule has 0 amide bonds. The summed E-state index contributed by atoms with van der Waals surface area (Å²) in [5, 5.41) is 0. The maximum absolute atomic E-state index is 11.2. The first-order chi connectivity index (χ1) is 6.24.